The SMILES string of the molecule is C=CC(=O)N1CC[C@](F)(C(=O)N(C)[C@H](C(=O)N[C@H]2Cc3cccc(c3)-c3ccc4c(c3)c(c(-c3cccnc3[C@H](C)OC)n4CC)CC(C)(C)COC[C@@]3(C=O)CCCN(N3)C2=O)C(C)C)C1. The fourth-order valence-electron chi connectivity index (χ4n) is 10.2. The van der Waals surface area contributed by atoms with Crippen molar-refractivity contribution in [2.75, 3.05) is 47.0 Å². The van der Waals surface area contributed by atoms with Crippen LogP contribution in [0, 0.1) is 11.3 Å². The molecule has 4 aromatic rings. The molecule has 14 nitrogen and oxygen atoms in total. The number of alkyl halides is 1. The van der Waals surface area contributed by atoms with Crippen molar-refractivity contribution in [2.24, 2.45) is 11.3 Å². The van der Waals surface area contributed by atoms with E-state index in [-0.39, 0.29) is 38.6 Å². The van der Waals surface area contributed by atoms with Gasteiger partial charge < -0.3 is 34.0 Å². The molecule has 0 aliphatic carbocycles. The highest BCUT2D eigenvalue weighted by Gasteiger charge is 2.50. The molecule has 2 aromatic heterocycles. The molecular formula is C52H66FN7O7. The minimum Gasteiger partial charge on any atom is -0.378 e. The van der Waals surface area contributed by atoms with Crippen molar-refractivity contribution in [3.8, 4) is 22.4 Å². The highest BCUT2D eigenvalue weighted by molar-refractivity contribution is 5.97. The number of aromatic nitrogens is 2. The summed E-state index contributed by atoms with van der Waals surface area (Å²) in [5.74, 6) is -3.01. The summed E-state index contributed by atoms with van der Waals surface area (Å²) >= 11 is 0. The third-order valence-corrected chi connectivity index (χ3v) is 13.7. The van der Waals surface area contributed by atoms with Gasteiger partial charge in [-0.1, -0.05) is 64.6 Å². The second-order valence-electron chi connectivity index (χ2n) is 19.7. The Morgan fingerprint density at radius 3 is 2.54 bits per heavy atom. The largest absolute Gasteiger partial charge is 0.378 e. The predicted octanol–water partition coefficient (Wildman–Crippen LogP) is 6.40. The van der Waals surface area contributed by atoms with E-state index in [1.165, 1.54) is 17.0 Å². The van der Waals surface area contributed by atoms with Crippen LogP contribution in [-0.2, 0) is 52.8 Å². The summed E-state index contributed by atoms with van der Waals surface area (Å²) in [6, 6.07) is 16.1. The number of aldehydes is 1. The number of nitrogens with zero attached hydrogens (tertiary/aromatic N) is 5. The van der Waals surface area contributed by atoms with Gasteiger partial charge in [0, 0.05) is 69.3 Å². The van der Waals surface area contributed by atoms with Gasteiger partial charge in [-0.05, 0) is 97.0 Å². The lowest BCUT2D eigenvalue weighted by atomic mass is 9.84. The lowest BCUT2D eigenvalue weighted by Gasteiger charge is -2.42. The van der Waals surface area contributed by atoms with Crippen LogP contribution >= 0.6 is 0 Å². The van der Waals surface area contributed by atoms with E-state index in [1.54, 1.807) is 27.2 Å². The minimum atomic E-state index is -2.40. The standard InChI is InChI=1S/C52H66FN7O7/c1-10-43(62)58-24-21-52(53,29-58)49(65)57(8)45(33(3)4)47(63)55-41-26-35-15-12-16-36(25-35)37-18-19-42-39(27-37)40(46(59(42)11-2)38-17-13-22-54-44(38)34(5)66-9)28-50(6,7)31-67-32-51(30-61)20-14-23-60(56-51)48(41)64/h10,12-13,15-19,22,25,27,30,33-34,41,45,56H,1,11,14,20-21,23-24,26,28-29,31-32H2,2-9H3,(H,55,63)/t34-,41-,45-,51-,52+/m0/s1. The van der Waals surface area contributed by atoms with Gasteiger partial charge in [0.2, 0.25) is 17.5 Å². The fourth-order valence-corrected chi connectivity index (χ4v) is 10.2. The Morgan fingerprint density at radius 2 is 1.84 bits per heavy atom. The van der Waals surface area contributed by atoms with Crippen LogP contribution < -0.4 is 10.7 Å². The molecule has 67 heavy (non-hydrogen) atoms. The number of hydrogen-bond acceptors (Lipinski definition) is 9. The van der Waals surface area contributed by atoms with Gasteiger partial charge in [-0.3, -0.25) is 29.2 Å². The number of hydrazine groups is 1. The van der Waals surface area contributed by atoms with E-state index in [1.807, 2.05) is 37.3 Å². The summed E-state index contributed by atoms with van der Waals surface area (Å²) in [5.41, 5.74) is 6.86. The summed E-state index contributed by atoms with van der Waals surface area (Å²) in [6.07, 6.45) is 4.80. The summed E-state index contributed by atoms with van der Waals surface area (Å²) in [6.45, 7) is 16.3. The normalized spacial score (nSPS) is 23.1. The zero-order valence-electron chi connectivity index (χ0n) is 40.2. The highest BCUT2D eigenvalue weighted by atomic mass is 19.1. The second kappa shape index (κ2) is 19.8. The second-order valence-corrected chi connectivity index (χ2v) is 19.7. The van der Waals surface area contributed by atoms with E-state index in [0.29, 0.717) is 32.4 Å². The number of amides is 4. The third-order valence-electron chi connectivity index (χ3n) is 13.7. The molecule has 15 heteroatoms. The lowest BCUT2D eigenvalue weighted by Crippen LogP contribution is -2.66. The van der Waals surface area contributed by atoms with Crippen molar-refractivity contribution in [3.05, 3.63) is 90.3 Å². The van der Waals surface area contributed by atoms with E-state index in [4.69, 9.17) is 14.5 Å². The number of benzene rings is 2. The molecular weight excluding hydrogens is 854 g/mol. The Bertz CT molecular complexity index is 2540. The van der Waals surface area contributed by atoms with Crippen molar-refractivity contribution < 1.29 is 37.8 Å². The number of methoxy groups -OCH3 is 1. The van der Waals surface area contributed by atoms with Crippen LogP contribution in [0.5, 0.6) is 0 Å². The van der Waals surface area contributed by atoms with E-state index < -0.39 is 64.8 Å². The number of hydrogen-bond donors (Lipinski definition) is 2. The maximum atomic E-state index is 16.3. The average Bonchev–Trinajstić information content (AvgIpc) is 3.87. The molecule has 4 amide bonds. The molecule has 0 saturated carbocycles. The van der Waals surface area contributed by atoms with Crippen LogP contribution in [0.1, 0.15) is 83.7 Å². The molecule has 6 bridgehead atoms. The van der Waals surface area contributed by atoms with Crippen molar-refractivity contribution in [1.29, 1.82) is 0 Å². The lowest BCUT2D eigenvalue weighted by molar-refractivity contribution is -0.151. The van der Waals surface area contributed by atoms with Crippen LogP contribution in [0.3, 0.4) is 0 Å². The first-order valence-corrected chi connectivity index (χ1v) is 23.4. The number of halogens is 1. The van der Waals surface area contributed by atoms with Crippen LogP contribution in [0.15, 0.2) is 73.4 Å². The summed E-state index contributed by atoms with van der Waals surface area (Å²) in [4.78, 5) is 75.8. The van der Waals surface area contributed by atoms with Gasteiger partial charge in [0.25, 0.3) is 11.8 Å². The zero-order valence-corrected chi connectivity index (χ0v) is 40.2. The molecule has 0 radical (unpaired) electrons. The van der Waals surface area contributed by atoms with Crippen LogP contribution in [0.2, 0.25) is 0 Å². The zero-order chi connectivity index (χ0) is 48.4. The van der Waals surface area contributed by atoms with Crippen LogP contribution in [0.4, 0.5) is 4.39 Å². The van der Waals surface area contributed by atoms with E-state index in [0.717, 1.165) is 67.4 Å². The van der Waals surface area contributed by atoms with Crippen LogP contribution in [-0.4, -0.2) is 125 Å². The number of likely N-dealkylation sites (N-methyl/N-ethyl adjacent to an activating group) is 1. The fraction of sp³-hybridized carbons (Fsp3) is 0.500. The number of nitrogens with one attached hydrogen (secondary N) is 2. The smallest absolute Gasteiger partial charge is 0.262 e. The van der Waals surface area contributed by atoms with Crippen molar-refractivity contribution in [1.82, 2.24) is 35.1 Å². The Hall–Kier alpha value is -5.77. The van der Waals surface area contributed by atoms with Gasteiger partial charge in [-0.2, -0.15) is 0 Å². The maximum absolute atomic E-state index is 16.3. The number of likely N-dealkylation sites (tertiary alicyclic amines) is 1. The average molecular weight is 920 g/mol. The number of carbonyl (C=O) groups is 5. The van der Waals surface area contributed by atoms with Gasteiger partial charge >= 0.3 is 0 Å². The topological polar surface area (TPSA) is 155 Å². The molecule has 0 unspecified atom stereocenters. The minimum absolute atomic E-state index is 0.00223. The summed E-state index contributed by atoms with van der Waals surface area (Å²) in [7, 11) is 3.06. The summed E-state index contributed by atoms with van der Waals surface area (Å²) < 4.78 is 31.0. The molecule has 7 rings (SSSR count). The third kappa shape index (κ3) is 9.95. The molecule has 358 valence electrons. The molecule has 5 heterocycles. The van der Waals surface area contributed by atoms with E-state index in [9.17, 15) is 24.0 Å². The molecule has 0 spiro atoms. The molecule has 2 N–H and O–H groups in total. The van der Waals surface area contributed by atoms with E-state index >= 15 is 4.39 Å². The van der Waals surface area contributed by atoms with Gasteiger partial charge in [-0.25, -0.2) is 9.82 Å². The number of aryl methyl sites for hydroxylation is 1. The number of carbonyl (C=O) groups excluding carboxylic acids is 5. The van der Waals surface area contributed by atoms with Gasteiger partial charge in [0.1, 0.15) is 23.9 Å². The number of rotatable bonds is 11. The Morgan fingerprint density at radius 1 is 1.07 bits per heavy atom. The monoisotopic (exact) mass is 920 g/mol. The van der Waals surface area contributed by atoms with Gasteiger partial charge in [0.05, 0.1) is 37.3 Å². The number of ether oxygens (including phenoxy) is 2. The van der Waals surface area contributed by atoms with Crippen molar-refractivity contribution >= 4 is 40.8 Å². The molecule has 3 aliphatic heterocycles. The Kier molecular flexibility index (Phi) is 14.5. The molecule has 2 aromatic carbocycles. The first kappa shape index (κ1) is 49.1. The van der Waals surface area contributed by atoms with Crippen molar-refractivity contribution in [2.45, 2.75) is 110 Å². The number of pyridine rings is 1. The van der Waals surface area contributed by atoms with Gasteiger partial charge in [0.15, 0.2) is 0 Å². The number of fused-ring (bicyclic) bond motifs is 6. The Labute approximate surface area is 393 Å². The highest BCUT2D eigenvalue weighted by Crippen LogP contribution is 2.42. The van der Waals surface area contributed by atoms with Gasteiger partial charge in [-0.15, -0.1) is 0 Å². The first-order valence-electron chi connectivity index (χ1n) is 23.4. The summed E-state index contributed by atoms with van der Waals surface area (Å²) in [5, 5.41) is 5.44. The Balaban J connectivity index is 1.31. The molecule has 5 atom stereocenters. The molecule has 2 saturated heterocycles. The quantitative estimate of drug-likeness (QED) is 0.129. The van der Waals surface area contributed by atoms with Crippen molar-refractivity contribution in [3.63, 3.8) is 0 Å². The van der Waals surface area contributed by atoms with E-state index in [2.05, 4.69) is 66.9 Å². The first-order chi connectivity index (χ1) is 31.9. The molecule has 3 aliphatic rings. The maximum Gasteiger partial charge on any atom is 0.262 e. The predicted molar refractivity (Wildman–Crippen MR) is 255 cm³/mol. The molecule has 2 fully saturated rings. The van der Waals surface area contributed by atoms with Crippen LogP contribution in [0.25, 0.3) is 33.3 Å².